The zero-order chi connectivity index (χ0) is 13.7. The van der Waals surface area contributed by atoms with Gasteiger partial charge in [0.1, 0.15) is 0 Å². The van der Waals surface area contributed by atoms with Gasteiger partial charge in [-0.15, -0.1) is 11.6 Å². The highest BCUT2D eigenvalue weighted by Gasteiger charge is 2.25. The van der Waals surface area contributed by atoms with Crippen molar-refractivity contribution < 1.29 is 9.90 Å². The van der Waals surface area contributed by atoms with Crippen molar-refractivity contribution in [1.82, 2.24) is 4.90 Å². The summed E-state index contributed by atoms with van der Waals surface area (Å²) in [4.78, 5) is 14.4. The summed E-state index contributed by atoms with van der Waals surface area (Å²) < 4.78 is 0. The fourth-order valence-electron chi connectivity index (χ4n) is 2.59. The zero-order valence-electron chi connectivity index (χ0n) is 11.0. The third-order valence-electron chi connectivity index (χ3n) is 3.68. The molecule has 1 heterocycles. The summed E-state index contributed by atoms with van der Waals surface area (Å²) in [5.41, 5.74) is 1.61. The monoisotopic (exact) mass is 281 g/mol. The Balaban J connectivity index is 2.20. The number of rotatable bonds is 3. The van der Waals surface area contributed by atoms with Crippen molar-refractivity contribution in [1.29, 1.82) is 0 Å². The number of aliphatic hydroxyl groups is 1. The Kier molecular flexibility index (Phi) is 5.23. The molecule has 0 aliphatic carbocycles. The van der Waals surface area contributed by atoms with Gasteiger partial charge in [0.05, 0.1) is 12.6 Å². The second-order valence-corrected chi connectivity index (χ2v) is 5.29. The van der Waals surface area contributed by atoms with Crippen molar-refractivity contribution in [3.05, 3.63) is 35.4 Å². The summed E-state index contributed by atoms with van der Waals surface area (Å²) in [6.45, 7) is 0.774. The van der Waals surface area contributed by atoms with E-state index in [1.54, 1.807) is 0 Å². The van der Waals surface area contributed by atoms with Gasteiger partial charge < -0.3 is 10.0 Å². The van der Waals surface area contributed by atoms with Crippen molar-refractivity contribution in [2.45, 2.75) is 37.6 Å². The fraction of sp³-hybridized carbons (Fsp3) is 0.533. The molecule has 1 aliphatic heterocycles. The highest BCUT2D eigenvalue weighted by Crippen LogP contribution is 2.20. The summed E-state index contributed by atoms with van der Waals surface area (Å²) in [7, 11) is 0. The van der Waals surface area contributed by atoms with Crippen LogP contribution in [0.5, 0.6) is 0 Å². The van der Waals surface area contributed by atoms with E-state index in [-0.39, 0.29) is 18.6 Å². The van der Waals surface area contributed by atoms with Gasteiger partial charge in [-0.25, -0.2) is 0 Å². The molecule has 1 unspecified atom stereocenters. The maximum absolute atomic E-state index is 12.6. The van der Waals surface area contributed by atoms with Gasteiger partial charge in [-0.3, -0.25) is 4.79 Å². The molecular weight excluding hydrogens is 262 g/mol. The Bertz CT molecular complexity index is 436. The van der Waals surface area contributed by atoms with Gasteiger partial charge in [0.25, 0.3) is 5.91 Å². The Labute approximate surface area is 119 Å². The number of carbonyl (C=O) groups excluding carboxylic acids is 1. The molecule has 3 nitrogen and oxygen atoms in total. The summed E-state index contributed by atoms with van der Waals surface area (Å²) in [6, 6.07) is 7.38. The van der Waals surface area contributed by atoms with Gasteiger partial charge >= 0.3 is 0 Å². The molecule has 4 heteroatoms. The maximum atomic E-state index is 12.6. The minimum atomic E-state index is -0.0466. The van der Waals surface area contributed by atoms with Gasteiger partial charge in [-0.2, -0.15) is 0 Å². The average Bonchev–Trinajstić information content (AvgIpc) is 2.71. The number of aliphatic hydroxyl groups excluding tert-OH is 1. The lowest BCUT2D eigenvalue weighted by molar-refractivity contribution is 0.0599. The van der Waals surface area contributed by atoms with Crippen LogP contribution in [-0.4, -0.2) is 35.1 Å². The van der Waals surface area contributed by atoms with E-state index in [2.05, 4.69) is 0 Å². The van der Waals surface area contributed by atoms with Crippen molar-refractivity contribution in [2.75, 3.05) is 13.2 Å². The van der Waals surface area contributed by atoms with Crippen molar-refractivity contribution in [2.24, 2.45) is 0 Å². The molecule has 1 aliphatic rings. The molecular formula is C15H20ClNO2. The van der Waals surface area contributed by atoms with E-state index in [9.17, 15) is 9.90 Å². The van der Waals surface area contributed by atoms with Gasteiger partial charge in [0.2, 0.25) is 0 Å². The van der Waals surface area contributed by atoms with E-state index in [1.165, 1.54) is 0 Å². The predicted octanol–water partition coefficient (Wildman–Crippen LogP) is 2.80. The number of hydrogen-bond acceptors (Lipinski definition) is 2. The topological polar surface area (TPSA) is 40.5 Å². The van der Waals surface area contributed by atoms with Gasteiger partial charge in [0.15, 0.2) is 0 Å². The molecule has 0 spiro atoms. The van der Waals surface area contributed by atoms with Crippen LogP contribution in [0.3, 0.4) is 0 Å². The van der Waals surface area contributed by atoms with Crippen LogP contribution in [0, 0.1) is 0 Å². The second kappa shape index (κ2) is 6.92. The minimum Gasteiger partial charge on any atom is -0.394 e. The maximum Gasteiger partial charge on any atom is 0.254 e. The Hall–Kier alpha value is -1.06. The van der Waals surface area contributed by atoms with E-state index in [1.807, 2.05) is 29.2 Å². The van der Waals surface area contributed by atoms with Crippen molar-refractivity contribution >= 4 is 17.5 Å². The van der Waals surface area contributed by atoms with Crippen molar-refractivity contribution in [3.63, 3.8) is 0 Å². The summed E-state index contributed by atoms with van der Waals surface area (Å²) in [5, 5.41) is 9.47. The molecule has 1 N–H and O–H groups in total. The molecule has 1 aromatic carbocycles. The lowest BCUT2D eigenvalue weighted by Crippen LogP contribution is -2.42. The quantitative estimate of drug-likeness (QED) is 0.866. The molecule has 1 amide bonds. The van der Waals surface area contributed by atoms with Crippen molar-refractivity contribution in [3.8, 4) is 0 Å². The normalized spacial score (nSPS) is 20.1. The average molecular weight is 282 g/mol. The van der Waals surface area contributed by atoms with Crippen LogP contribution < -0.4 is 0 Å². The fourth-order valence-corrected chi connectivity index (χ4v) is 2.75. The molecule has 0 saturated carbocycles. The number of halogens is 1. The number of hydrogen-bond donors (Lipinski definition) is 1. The van der Waals surface area contributed by atoms with Gasteiger partial charge in [-0.05, 0) is 30.5 Å². The Morgan fingerprint density at radius 1 is 1.37 bits per heavy atom. The number of alkyl halides is 1. The van der Waals surface area contributed by atoms with Crippen LogP contribution in [0.4, 0.5) is 0 Å². The van der Waals surface area contributed by atoms with E-state index in [0.29, 0.717) is 11.4 Å². The summed E-state index contributed by atoms with van der Waals surface area (Å²) in [5.74, 6) is 0.415. The molecule has 0 aromatic heterocycles. The third kappa shape index (κ3) is 3.48. The first kappa shape index (κ1) is 14.4. The Morgan fingerprint density at radius 3 is 2.95 bits per heavy atom. The van der Waals surface area contributed by atoms with Crippen LogP contribution in [0.1, 0.15) is 41.6 Å². The van der Waals surface area contributed by atoms with E-state index < -0.39 is 0 Å². The first-order valence-electron chi connectivity index (χ1n) is 6.83. The highest BCUT2D eigenvalue weighted by molar-refractivity contribution is 6.17. The van der Waals surface area contributed by atoms with Crippen LogP contribution in [0.2, 0.25) is 0 Å². The largest absolute Gasteiger partial charge is 0.394 e. The molecule has 0 bridgehead atoms. The first-order chi connectivity index (χ1) is 9.26. The number of nitrogens with zero attached hydrogens (tertiary/aromatic N) is 1. The molecule has 0 radical (unpaired) electrons. The number of benzene rings is 1. The van der Waals surface area contributed by atoms with E-state index in [0.717, 1.165) is 37.8 Å². The van der Waals surface area contributed by atoms with Crippen LogP contribution >= 0.6 is 11.6 Å². The molecule has 1 aromatic rings. The number of likely N-dealkylation sites (tertiary alicyclic amines) is 1. The highest BCUT2D eigenvalue weighted by atomic mass is 35.5. The third-order valence-corrected chi connectivity index (χ3v) is 3.99. The van der Waals surface area contributed by atoms with Crippen LogP contribution in [0.15, 0.2) is 24.3 Å². The van der Waals surface area contributed by atoms with E-state index in [4.69, 9.17) is 11.6 Å². The Morgan fingerprint density at radius 2 is 2.21 bits per heavy atom. The van der Waals surface area contributed by atoms with Gasteiger partial charge in [0, 0.05) is 18.0 Å². The van der Waals surface area contributed by atoms with Crippen LogP contribution in [0.25, 0.3) is 0 Å². The SMILES string of the molecule is O=C(c1cccc(CCl)c1)N1CCCCCC1CO. The molecule has 19 heavy (non-hydrogen) atoms. The smallest absolute Gasteiger partial charge is 0.254 e. The number of amides is 1. The molecule has 1 fully saturated rings. The minimum absolute atomic E-state index is 0.00733. The number of carbonyl (C=O) groups is 1. The summed E-state index contributed by atoms with van der Waals surface area (Å²) in [6.07, 6.45) is 4.10. The van der Waals surface area contributed by atoms with E-state index >= 15 is 0 Å². The molecule has 1 saturated heterocycles. The first-order valence-corrected chi connectivity index (χ1v) is 7.36. The molecule has 104 valence electrons. The lowest BCUT2D eigenvalue weighted by Gasteiger charge is -2.28. The standard InChI is InChI=1S/C15H20ClNO2/c16-10-12-5-4-6-13(9-12)15(19)17-8-3-1-2-7-14(17)11-18/h4-6,9,14,18H,1-3,7-8,10-11H2. The summed E-state index contributed by atoms with van der Waals surface area (Å²) >= 11 is 5.81. The lowest BCUT2D eigenvalue weighted by atomic mass is 10.1. The van der Waals surface area contributed by atoms with Crippen LogP contribution in [-0.2, 0) is 5.88 Å². The predicted molar refractivity (Wildman–Crippen MR) is 76.4 cm³/mol. The zero-order valence-corrected chi connectivity index (χ0v) is 11.8. The second-order valence-electron chi connectivity index (χ2n) is 5.02. The van der Waals surface area contributed by atoms with Gasteiger partial charge in [-0.1, -0.05) is 25.0 Å². The molecule has 1 atom stereocenters. The molecule has 2 rings (SSSR count).